The minimum atomic E-state index is -0.482. The van der Waals surface area contributed by atoms with Crippen LogP contribution in [0.5, 0.6) is 0 Å². The second kappa shape index (κ2) is 2.81. The molecule has 0 amide bonds. The van der Waals surface area contributed by atoms with Crippen LogP contribution in [-0.2, 0) is 6.42 Å². The monoisotopic (exact) mass is 180 g/mol. The molecule has 70 valence electrons. The van der Waals surface area contributed by atoms with Crippen LogP contribution in [0.1, 0.15) is 29.7 Å². The van der Waals surface area contributed by atoms with Crippen molar-refractivity contribution >= 4 is 0 Å². The first-order valence-corrected chi connectivity index (χ1v) is 4.56. The first kappa shape index (κ1) is 8.70. The maximum Gasteiger partial charge on any atom is 0.123 e. The highest BCUT2D eigenvalue weighted by Gasteiger charge is 2.28. The summed E-state index contributed by atoms with van der Waals surface area (Å²) in [5.41, 5.74) is 2.87. The highest BCUT2D eigenvalue weighted by atomic mass is 19.1. The van der Waals surface area contributed by atoms with Gasteiger partial charge in [0.1, 0.15) is 5.82 Å². The van der Waals surface area contributed by atoms with Crippen LogP contribution in [0.15, 0.2) is 12.1 Å². The van der Waals surface area contributed by atoms with E-state index in [1.54, 1.807) is 0 Å². The number of fused-ring (bicyclic) bond motifs is 1. The molecule has 0 spiro atoms. The van der Waals surface area contributed by atoms with E-state index in [4.69, 9.17) is 0 Å². The molecule has 1 aliphatic carbocycles. The third kappa shape index (κ3) is 1.25. The molecule has 1 aromatic rings. The summed E-state index contributed by atoms with van der Waals surface area (Å²) in [4.78, 5) is 0. The van der Waals surface area contributed by atoms with Gasteiger partial charge in [-0.3, -0.25) is 0 Å². The van der Waals surface area contributed by atoms with Gasteiger partial charge in [-0.15, -0.1) is 0 Å². The molecule has 0 bridgehead atoms. The predicted molar refractivity (Wildman–Crippen MR) is 49.0 cm³/mol. The maximum absolute atomic E-state index is 13.0. The lowest BCUT2D eigenvalue weighted by Gasteiger charge is -2.08. The molecule has 2 unspecified atom stereocenters. The summed E-state index contributed by atoms with van der Waals surface area (Å²) >= 11 is 0. The van der Waals surface area contributed by atoms with Crippen molar-refractivity contribution in [1.82, 2.24) is 0 Å². The zero-order valence-corrected chi connectivity index (χ0v) is 7.84. The smallest absolute Gasteiger partial charge is 0.123 e. The van der Waals surface area contributed by atoms with Crippen molar-refractivity contribution in [2.45, 2.75) is 26.4 Å². The Morgan fingerprint density at radius 3 is 2.85 bits per heavy atom. The maximum atomic E-state index is 13.0. The van der Waals surface area contributed by atoms with E-state index in [-0.39, 0.29) is 11.7 Å². The van der Waals surface area contributed by atoms with Crippen molar-refractivity contribution in [1.29, 1.82) is 0 Å². The zero-order valence-electron chi connectivity index (χ0n) is 7.84. The van der Waals surface area contributed by atoms with E-state index in [1.807, 2.05) is 13.8 Å². The number of rotatable bonds is 0. The van der Waals surface area contributed by atoms with E-state index in [9.17, 15) is 9.50 Å². The van der Waals surface area contributed by atoms with E-state index in [0.29, 0.717) is 0 Å². The fourth-order valence-corrected chi connectivity index (χ4v) is 2.08. The third-order valence-corrected chi connectivity index (χ3v) is 2.86. The van der Waals surface area contributed by atoms with Gasteiger partial charge < -0.3 is 5.11 Å². The Morgan fingerprint density at radius 1 is 1.46 bits per heavy atom. The summed E-state index contributed by atoms with van der Waals surface area (Å²) in [5, 5.41) is 9.73. The second-order valence-corrected chi connectivity index (χ2v) is 3.92. The van der Waals surface area contributed by atoms with Crippen molar-refractivity contribution in [3.8, 4) is 0 Å². The summed E-state index contributed by atoms with van der Waals surface area (Å²) in [6.45, 7) is 3.88. The topological polar surface area (TPSA) is 20.2 Å². The fourth-order valence-electron chi connectivity index (χ4n) is 2.08. The fraction of sp³-hybridized carbons (Fsp3) is 0.455. The molecule has 1 nitrogen and oxygen atoms in total. The number of benzene rings is 1. The van der Waals surface area contributed by atoms with Crippen LogP contribution >= 0.6 is 0 Å². The molecule has 2 rings (SSSR count). The number of hydrogen-bond acceptors (Lipinski definition) is 1. The Kier molecular flexibility index (Phi) is 1.88. The molecule has 0 saturated heterocycles. The Labute approximate surface area is 77.2 Å². The van der Waals surface area contributed by atoms with Gasteiger partial charge in [-0.25, -0.2) is 4.39 Å². The molecule has 1 aromatic carbocycles. The number of aryl methyl sites for hydroxylation is 1. The zero-order chi connectivity index (χ0) is 9.59. The molecular weight excluding hydrogens is 167 g/mol. The largest absolute Gasteiger partial charge is 0.388 e. The summed E-state index contributed by atoms with van der Waals surface area (Å²) in [5.74, 6) is -0.0279. The van der Waals surface area contributed by atoms with E-state index in [2.05, 4.69) is 0 Å². The first-order valence-electron chi connectivity index (χ1n) is 4.56. The van der Waals surface area contributed by atoms with Crippen molar-refractivity contribution in [2.24, 2.45) is 5.92 Å². The minimum Gasteiger partial charge on any atom is -0.388 e. The number of aliphatic hydroxyl groups is 1. The normalized spacial score (nSPS) is 26.2. The number of hydrogen-bond donors (Lipinski definition) is 1. The Morgan fingerprint density at radius 2 is 2.15 bits per heavy atom. The summed E-state index contributed by atoms with van der Waals surface area (Å²) < 4.78 is 13.0. The molecule has 1 N–H and O–H groups in total. The van der Waals surface area contributed by atoms with Crippen molar-refractivity contribution in [3.05, 3.63) is 34.6 Å². The molecule has 0 radical (unpaired) electrons. The van der Waals surface area contributed by atoms with Crippen LogP contribution in [0.3, 0.4) is 0 Å². The second-order valence-electron chi connectivity index (χ2n) is 3.92. The molecule has 2 heteroatoms. The lowest BCUT2D eigenvalue weighted by Crippen LogP contribution is -2.01. The van der Waals surface area contributed by atoms with Crippen LogP contribution in [0, 0.1) is 18.7 Å². The van der Waals surface area contributed by atoms with Crippen LogP contribution in [0.4, 0.5) is 4.39 Å². The van der Waals surface area contributed by atoms with Gasteiger partial charge in [0.15, 0.2) is 0 Å². The van der Waals surface area contributed by atoms with Crippen molar-refractivity contribution in [3.63, 3.8) is 0 Å². The Hall–Kier alpha value is -0.890. The first-order chi connectivity index (χ1) is 6.09. The van der Waals surface area contributed by atoms with Crippen LogP contribution < -0.4 is 0 Å². The molecule has 1 aliphatic rings. The van der Waals surface area contributed by atoms with E-state index in [1.165, 1.54) is 12.1 Å². The molecule has 0 heterocycles. The van der Waals surface area contributed by atoms with Gasteiger partial charge in [0, 0.05) is 0 Å². The van der Waals surface area contributed by atoms with Crippen molar-refractivity contribution in [2.75, 3.05) is 0 Å². The van der Waals surface area contributed by atoms with Gasteiger partial charge in [-0.2, -0.15) is 0 Å². The highest BCUT2D eigenvalue weighted by molar-refractivity contribution is 5.40. The lowest BCUT2D eigenvalue weighted by atomic mass is 10.0. The number of halogens is 1. The Balaban J connectivity index is 2.57. The highest BCUT2D eigenvalue weighted by Crippen LogP contribution is 2.37. The van der Waals surface area contributed by atoms with Gasteiger partial charge in [0.05, 0.1) is 6.10 Å². The predicted octanol–water partition coefficient (Wildman–Crippen LogP) is 2.36. The van der Waals surface area contributed by atoms with E-state index >= 15 is 0 Å². The molecule has 0 saturated carbocycles. The molecule has 0 fully saturated rings. The summed E-state index contributed by atoms with van der Waals surface area (Å²) in [7, 11) is 0. The minimum absolute atomic E-state index is 0.218. The molecule has 13 heavy (non-hydrogen) atoms. The number of aliphatic hydroxyl groups excluding tert-OH is 1. The standard InChI is InChI=1S/C11H13FO/c1-6-3-8(12)5-10-9(6)4-7(2)11(10)13/h3,5,7,11,13H,4H2,1-2H3. The summed E-state index contributed by atoms with van der Waals surface area (Å²) in [6, 6.07) is 2.99. The van der Waals surface area contributed by atoms with Gasteiger partial charge in [-0.05, 0) is 48.1 Å². The van der Waals surface area contributed by atoms with Crippen LogP contribution in [-0.4, -0.2) is 5.11 Å². The van der Waals surface area contributed by atoms with Crippen LogP contribution in [0.25, 0.3) is 0 Å². The Bertz CT molecular complexity index is 346. The third-order valence-electron chi connectivity index (χ3n) is 2.86. The van der Waals surface area contributed by atoms with Gasteiger partial charge in [-0.1, -0.05) is 6.92 Å². The lowest BCUT2D eigenvalue weighted by molar-refractivity contribution is 0.132. The average molecular weight is 180 g/mol. The SMILES string of the molecule is Cc1cc(F)cc2c1CC(C)C2O. The van der Waals surface area contributed by atoms with Gasteiger partial charge in [0.25, 0.3) is 0 Å². The van der Waals surface area contributed by atoms with E-state index in [0.717, 1.165) is 23.1 Å². The van der Waals surface area contributed by atoms with Crippen molar-refractivity contribution < 1.29 is 9.50 Å². The van der Waals surface area contributed by atoms with Crippen LogP contribution in [0.2, 0.25) is 0 Å². The van der Waals surface area contributed by atoms with E-state index < -0.39 is 6.10 Å². The molecule has 0 aromatic heterocycles. The molecule has 0 aliphatic heterocycles. The van der Waals surface area contributed by atoms with Gasteiger partial charge >= 0.3 is 0 Å². The quantitative estimate of drug-likeness (QED) is 0.649. The molecule has 2 atom stereocenters. The van der Waals surface area contributed by atoms with Gasteiger partial charge in [0.2, 0.25) is 0 Å². The summed E-state index contributed by atoms with van der Waals surface area (Å²) in [6.07, 6.45) is 0.382. The molecular formula is C11H13FO. The average Bonchev–Trinajstić information content (AvgIpc) is 2.32.